The van der Waals surface area contributed by atoms with Gasteiger partial charge in [-0.25, -0.2) is 0 Å². The normalized spacial score (nSPS) is 10.8. The number of aryl methyl sites for hydroxylation is 1. The maximum absolute atomic E-state index is 4.03. The van der Waals surface area contributed by atoms with E-state index in [0.717, 1.165) is 0 Å². The largest absolute Gasteiger partial charge is 0.359 e. The Morgan fingerprint density at radius 2 is 1.75 bits per heavy atom. The van der Waals surface area contributed by atoms with E-state index in [1.165, 1.54) is 27.7 Å². The predicted molar refractivity (Wildman–Crippen MR) is 66.3 cm³/mol. The third-order valence-corrected chi connectivity index (χ3v) is 2.77. The van der Waals surface area contributed by atoms with Crippen LogP contribution >= 0.6 is 0 Å². The van der Waals surface area contributed by atoms with Crippen LogP contribution in [0.3, 0.4) is 0 Å². The molecule has 0 saturated carbocycles. The highest BCUT2D eigenvalue weighted by atomic mass is 14.7. The minimum absolute atomic E-state index is 1.19. The van der Waals surface area contributed by atoms with Crippen molar-refractivity contribution in [3.8, 4) is 11.1 Å². The maximum atomic E-state index is 4.03. The molecule has 2 aromatic heterocycles. The fourth-order valence-corrected chi connectivity index (χ4v) is 2.00. The maximum Gasteiger partial charge on any atom is 0.0462 e. The molecule has 2 heteroatoms. The third kappa shape index (κ3) is 1.48. The number of aromatic amines is 1. The van der Waals surface area contributed by atoms with E-state index in [1.807, 2.05) is 24.5 Å². The molecule has 0 aliphatic heterocycles. The van der Waals surface area contributed by atoms with Crippen molar-refractivity contribution in [1.82, 2.24) is 9.97 Å². The Kier molecular flexibility index (Phi) is 2.00. The molecule has 3 aromatic rings. The number of aromatic nitrogens is 2. The minimum atomic E-state index is 1.19. The van der Waals surface area contributed by atoms with Gasteiger partial charge >= 0.3 is 0 Å². The van der Waals surface area contributed by atoms with Crippen LogP contribution in [0.1, 0.15) is 5.69 Å². The fraction of sp³-hybridized carbons (Fsp3) is 0.0714. The standard InChI is InChI=1S/C14H12N2/c1-10-8-13-3-2-12(9-14(13)16-10)11-4-6-15-7-5-11/h2-9,16H,1H3. The number of pyridine rings is 1. The van der Waals surface area contributed by atoms with Gasteiger partial charge in [-0.05, 0) is 47.7 Å². The lowest BCUT2D eigenvalue weighted by molar-refractivity contribution is 1.30. The molecule has 2 nitrogen and oxygen atoms in total. The number of fused-ring (bicyclic) bond motifs is 1. The van der Waals surface area contributed by atoms with Crippen LogP contribution < -0.4 is 0 Å². The molecular weight excluding hydrogens is 196 g/mol. The quantitative estimate of drug-likeness (QED) is 0.651. The summed E-state index contributed by atoms with van der Waals surface area (Å²) in [4.78, 5) is 7.38. The Labute approximate surface area is 94.0 Å². The number of hydrogen-bond acceptors (Lipinski definition) is 1. The molecule has 0 saturated heterocycles. The van der Waals surface area contributed by atoms with Crippen molar-refractivity contribution in [1.29, 1.82) is 0 Å². The first kappa shape index (κ1) is 9.16. The SMILES string of the molecule is Cc1cc2ccc(-c3ccncc3)cc2[nH]1. The van der Waals surface area contributed by atoms with Gasteiger partial charge in [0.1, 0.15) is 0 Å². The molecule has 0 aliphatic rings. The molecule has 0 atom stereocenters. The van der Waals surface area contributed by atoms with Crippen LogP contribution in [0.15, 0.2) is 48.8 Å². The van der Waals surface area contributed by atoms with E-state index in [1.54, 1.807) is 0 Å². The van der Waals surface area contributed by atoms with Crippen molar-refractivity contribution in [2.75, 3.05) is 0 Å². The van der Waals surface area contributed by atoms with Crippen molar-refractivity contribution in [2.24, 2.45) is 0 Å². The van der Waals surface area contributed by atoms with Crippen molar-refractivity contribution in [3.05, 3.63) is 54.5 Å². The summed E-state index contributed by atoms with van der Waals surface area (Å²) < 4.78 is 0. The van der Waals surface area contributed by atoms with Crippen LogP contribution in [0.4, 0.5) is 0 Å². The Hall–Kier alpha value is -2.09. The van der Waals surface area contributed by atoms with Crippen LogP contribution in [0.5, 0.6) is 0 Å². The molecule has 0 aliphatic carbocycles. The van der Waals surface area contributed by atoms with Crippen LogP contribution in [-0.4, -0.2) is 9.97 Å². The summed E-state index contributed by atoms with van der Waals surface area (Å²) >= 11 is 0. The highest BCUT2D eigenvalue weighted by Crippen LogP contribution is 2.23. The minimum Gasteiger partial charge on any atom is -0.359 e. The lowest BCUT2D eigenvalue weighted by atomic mass is 10.1. The van der Waals surface area contributed by atoms with E-state index in [0.29, 0.717) is 0 Å². The van der Waals surface area contributed by atoms with E-state index in [-0.39, 0.29) is 0 Å². The van der Waals surface area contributed by atoms with Crippen molar-refractivity contribution < 1.29 is 0 Å². The Bertz CT molecular complexity index is 624. The zero-order valence-electron chi connectivity index (χ0n) is 9.07. The van der Waals surface area contributed by atoms with Gasteiger partial charge in [0.2, 0.25) is 0 Å². The van der Waals surface area contributed by atoms with Gasteiger partial charge in [-0.3, -0.25) is 4.98 Å². The summed E-state index contributed by atoms with van der Waals surface area (Å²) in [5, 5.41) is 1.26. The Morgan fingerprint density at radius 3 is 2.56 bits per heavy atom. The zero-order chi connectivity index (χ0) is 11.0. The number of H-pyrrole nitrogens is 1. The molecule has 0 amide bonds. The second kappa shape index (κ2) is 3.49. The lowest BCUT2D eigenvalue weighted by Gasteiger charge is -2.00. The van der Waals surface area contributed by atoms with Gasteiger partial charge in [-0.2, -0.15) is 0 Å². The Morgan fingerprint density at radius 1 is 0.938 bits per heavy atom. The number of nitrogens with zero attached hydrogens (tertiary/aromatic N) is 1. The van der Waals surface area contributed by atoms with Gasteiger partial charge < -0.3 is 4.98 Å². The van der Waals surface area contributed by atoms with Gasteiger partial charge in [0, 0.05) is 23.6 Å². The van der Waals surface area contributed by atoms with E-state index < -0.39 is 0 Å². The summed E-state index contributed by atoms with van der Waals surface area (Å²) in [7, 11) is 0. The topological polar surface area (TPSA) is 28.7 Å². The average Bonchev–Trinajstić information content (AvgIpc) is 2.69. The van der Waals surface area contributed by atoms with Gasteiger partial charge in [0.05, 0.1) is 0 Å². The molecule has 0 radical (unpaired) electrons. The molecule has 2 heterocycles. The predicted octanol–water partition coefficient (Wildman–Crippen LogP) is 3.54. The molecule has 0 fully saturated rings. The summed E-state index contributed by atoms with van der Waals surface area (Å²) in [5.41, 5.74) is 4.80. The van der Waals surface area contributed by atoms with E-state index in [2.05, 4.69) is 41.2 Å². The molecule has 0 bridgehead atoms. The average molecular weight is 208 g/mol. The van der Waals surface area contributed by atoms with E-state index in [9.17, 15) is 0 Å². The monoisotopic (exact) mass is 208 g/mol. The summed E-state index contributed by atoms with van der Waals surface area (Å²) in [6.45, 7) is 2.08. The highest BCUT2D eigenvalue weighted by Gasteiger charge is 2.01. The number of benzene rings is 1. The number of nitrogens with one attached hydrogen (secondary N) is 1. The van der Waals surface area contributed by atoms with Crippen molar-refractivity contribution in [2.45, 2.75) is 6.92 Å². The highest BCUT2D eigenvalue weighted by molar-refractivity contribution is 5.85. The van der Waals surface area contributed by atoms with Crippen LogP contribution in [0, 0.1) is 6.92 Å². The van der Waals surface area contributed by atoms with E-state index in [4.69, 9.17) is 0 Å². The molecule has 1 N–H and O–H groups in total. The van der Waals surface area contributed by atoms with Gasteiger partial charge in [-0.1, -0.05) is 12.1 Å². The zero-order valence-corrected chi connectivity index (χ0v) is 9.07. The second-order valence-corrected chi connectivity index (χ2v) is 3.99. The first-order valence-electron chi connectivity index (χ1n) is 5.33. The van der Waals surface area contributed by atoms with Gasteiger partial charge in [0.25, 0.3) is 0 Å². The van der Waals surface area contributed by atoms with Crippen molar-refractivity contribution in [3.63, 3.8) is 0 Å². The van der Waals surface area contributed by atoms with E-state index >= 15 is 0 Å². The summed E-state index contributed by atoms with van der Waals surface area (Å²) in [5.74, 6) is 0. The molecule has 0 unspecified atom stereocenters. The molecule has 3 rings (SSSR count). The van der Waals surface area contributed by atoms with Gasteiger partial charge in [0.15, 0.2) is 0 Å². The Balaban J connectivity index is 2.18. The molecule has 78 valence electrons. The molecule has 1 aromatic carbocycles. The number of rotatable bonds is 1. The van der Waals surface area contributed by atoms with Crippen LogP contribution in [-0.2, 0) is 0 Å². The summed E-state index contributed by atoms with van der Waals surface area (Å²) in [6, 6.07) is 12.7. The summed E-state index contributed by atoms with van der Waals surface area (Å²) in [6.07, 6.45) is 3.64. The number of hydrogen-bond donors (Lipinski definition) is 1. The van der Waals surface area contributed by atoms with Crippen LogP contribution in [0.25, 0.3) is 22.0 Å². The smallest absolute Gasteiger partial charge is 0.0462 e. The first-order chi connectivity index (χ1) is 7.83. The van der Waals surface area contributed by atoms with Crippen molar-refractivity contribution >= 4 is 10.9 Å². The molecular formula is C14H12N2. The fourth-order valence-electron chi connectivity index (χ4n) is 2.00. The molecule has 0 spiro atoms. The van der Waals surface area contributed by atoms with Gasteiger partial charge in [-0.15, -0.1) is 0 Å². The second-order valence-electron chi connectivity index (χ2n) is 3.99. The molecule has 16 heavy (non-hydrogen) atoms. The van der Waals surface area contributed by atoms with Crippen LogP contribution in [0.2, 0.25) is 0 Å². The third-order valence-electron chi connectivity index (χ3n) is 2.77. The first-order valence-corrected chi connectivity index (χ1v) is 5.33. The lowest BCUT2D eigenvalue weighted by Crippen LogP contribution is -1.78.